The zero-order valence-corrected chi connectivity index (χ0v) is 3.55. The first kappa shape index (κ1) is 5.27. The van der Waals surface area contributed by atoms with Gasteiger partial charge in [0.25, 0.3) is 6.40 Å². The molecule has 3 heteroatoms. The van der Waals surface area contributed by atoms with Crippen LogP contribution in [-0.2, 0) is 9.94 Å². The minimum atomic E-state index is 0.365. The first-order chi connectivity index (χ1) is 2.91. The van der Waals surface area contributed by atoms with Crippen LogP contribution in [0.4, 0.5) is 0 Å². The van der Waals surface area contributed by atoms with Crippen molar-refractivity contribution >= 4 is 6.40 Å². The Labute approximate surface area is 36.2 Å². The van der Waals surface area contributed by atoms with Crippen LogP contribution in [0.5, 0.6) is 0 Å². The Bertz CT molecular complexity index is 44.1. The number of hydrogen-bond donors (Lipinski definition) is 0. The van der Waals surface area contributed by atoms with Crippen LogP contribution in [0.3, 0.4) is 0 Å². The summed E-state index contributed by atoms with van der Waals surface area (Å²) in [5, 5.41) is 12.2. The molecule has 0 bridgehead atoms. The monoisotopic (exact) mass is 88.0 g/mol. The van der Waals surface area contributed by atoms with Gasteiger partial charge in [-0.2, -0.15) is 0 Å². The van der Waals surface area contributed by atoms with E-state index in [2.05, 4.69) is 9.99 Å². The maximum Gasteiger partial charge on any atom is 0.269 e. The van der Waals surface area contributed by atoms with Gasteiger partial charge in [0.1, 0.15) is 6.61 Å². The summed E-state index contributed by atoms with van der Waals surface area (Å²) in [4.78, 5) is 4.24. The van der Waals surface area contributed by atoms with Gasteiger partial charge in [-0.15, -0.1) is 0 Å². The van der Waals surface area contributed by atoms with E-state index in [1.807, 2.05) is 0 Å². The lowest BCUT2D eigenvalue weighted by Crippen LogP contribution is -1.76. The summed E-state index contributed by atoms with van der Waals surface area (Å²) in [6.45, 7) is 2.21. The van der Waals surface area contributed by atoms with Gasteiger partial charge in [0.05, 0.1) is 0 Å². The van der Waals surface area contributed by atoms with Crippen molar-refractivity contribution in [3.63, 3.8) is 0 Å². The van der Waals surface area contributed by atoms with Gasteiger partial charge in [-0.3, -0.25) is 5.11 Å². The summed E-state index contributed by atoms with van der Waals surface area (Å²) in [5.41, 5.74) is 0. The minimum Gasteiger partial charge on any atom is -0.393 e. The van der Waals surface area contributed by atoms with Crippen LogP contribution in [0.2, 0.25) is 0 Å². The van der Waals surface area contributed by atoms with Crippen molar-refractivity contribution in [1.82, 2.24) is 0 Å². The van der Waals surface area contributed by atoms with Crippen LogP contribution in [0.15, 0.2) is 5.16 Å². The fourth-order valence-electron chi connectivity index (χ4n) is 0.105. The van der Waals surface area contributed by atoms with Gasteiger partial charge in [-0.1, -0.05) is 5.16 Å². The Balaban J connectivity index is 2.66. The molecule has 0 aromatic carbocycles. The van der Waals surface area contributed by atoms with E-state index in [9.17, 15) is 5.11 Å². The lowest BCUT2D eigenvalue weighted by molar-refractivity contribution is 0.152. The highest BCUT2D eigenvalue weighted by molar-refractivity contribution is 5.40. The molecular formula is C3H6NO2. The van der Waals surface area contributed by atoms with Crippen molar-refractivity contribution < 1.29 is 9.94 Å². The van der Waals surface area contributed by atoms with Crippen molar-refractivity contribution in [2.45, 2.75) is 6.92 Å². The highest BCUT2D eigenvalue weighted by Gasteiger charge is 1.63. The summed E-state index contributed by atoms with van der Waals surface area (Å²) in [5.74, 6) is 0. The maximum atomic E-state index is 9.27. The molecule has 0 heterocycles. The van der Waals surface area contributed by atoms with E-state index >= 15 is 0 Å². The molecule has 0 aromatic heterocycles. The van der Waals surface area contributed by atoms with Crippen molar-refractivity contribution in [3.05, 3.63) is 0 Å². The lowest BCUT2D eigenvalue weighted by Gasteiger charge is -1.82. The second kappa shape index (κ2) is 4.27. The third-order valence-electron chi connectivity index (χ3n) is 0.247. The molecule has 0 spiro atoms. The zero-order valence-electron chi connectivity index (χ0n) is 3.55. The largest absolute Gasteiger partial charge is 0.393 e. The molecule has 0 aliphatic carbocycles. The quantitative estimate of drug-likeness (QED) is 0.273. The Morgan fingerprint density at radius 3 is 2.83 bits per heavy atom. The van der Waals surface area contributed by atoms with Crippen molar-refractivity contribution in [3.8, 4) is 0 Å². The molecule has 0 N–H and O–H groups in total. The molecule has 35 valence electrons. The molecule has 0 rings (SSSR count). The van der Waals surface area contributed by atoms with Crippen LogP contribution < -0.4 is 0 Å². The maximum absolute atomic E-state index is 9.27. The van der Waals surface area contributed by atoms with Crippen LogP contribution in [-0.4, -0.2) is 13.0 Å². The van der Waals surface area contributed by atoms with Gasteiger partial charge in [0.2, 0.25) is 0 Å². The molecule has 0 amide bonds. The third kappa shape index (κ3) is 3.27. The predicted octanol–water partition coefficient (Wildman–Crippen LogP) is 0.397. The molecule has 0 aliphatic heterocycles. The van der Waals surface area contributed by atoms with E-state index in [1.165, 1.54) is 0 Å². The summed E-state index contributed by atoms with van der Waals surface area (Å²) in [6.07, 6.45) is 0.365. The van der Waals surface area contributed by atoms with E-state index in [0.717, 1.165) is 0 Å². The van der Waals surface area contributed by atoms with E-state index in [1.54, 1.807) is 6.92 Å². The topological polar surface area (TPSA) is 41.5 Å². The molecule has 3 nitrogen and oxygen atoms in total. The summed E-state index contributed by atoms with van der Waals surface area (Å²) >= 11 is 0. The fourth-order valence-corrected chi connectivity index (χ4v) is 0.105. The number of rotatable bonds is 2. The van der Waals surface area contributed by atoms with Gasteiger partial charge in [0.15, 0.2) is 0 Å². The molecule has 0 fully saturated rings. The molecular weight excluding hydrogens is 82.0 g/mol. The highest BCUT2D eigenvalue weighted by Crippen LogP contribution is 1.66. The fraction of sp³-hybridized carbons (Fsp3) is 0.667. The smallest absolute Gasteiger partial charge is 0.269 e. The molecule has 6 heavy (non-hydrogen) atoms. The molecule has 1 radical (unpaired) electrons. The van der Waals surface area contributed by atoms with Crippen molar-refractivity contribution in [2.75, 3.05) is 6.61 Å². The molecule has 0 aliphatic rings. The van der Waals surface area contributed by atoms with Crippen LogP contribution >= 0.6 is 0 Å². The average molecular weight is 88.1 g/mol. The van der Waals surface area contributed by atoms with E-state index in [0.29, 0.717) is 13.0 Å². The van der Waals surface area contributed by atoms with Crippen LogP contribution in [0, 0.1) is 0 Å². The van der Waals surface area contributed by atoms with E-state index < -0.39 is 0 Å². The van der Waals surface area contributed by atoms with Crippen LogP contribution in [0.25, 0.3) is 0 Å². The Kier molecular flexibility index (Phi) is 3.75. The Morgan fingerprint density at radius 2 is 2.67 bits per heavy atom. The third-order valence-corrected chi connectivity index (χ3v) is 0.247. The second-order valence-corrected chi connectivity index (χ2v) is 0.629. The molecule has 0 atom stereocenters. The Hall–Kier alpha value is -0.730. The summed E-state index contributed by atoms with van der Waals surface area (Å²) in [6, 6.07) is 0. The van der Waals surface area contributed by atoms with Crippen LogP contribution in [0.1, 0.15) is 6.92 Å². The highest BCUT2D eigenvalue weighted by atomic mass is 16.6. The van der Waals surface area contributed by atoms with Gasteiger partial charge in [0, 0.05) is 0 Å². The van der Waals surface area contributed by atoms with Crippen molar-refractivity contribution in [1.29, 1.82) is 0 Å². The molecule has 0 unspecified atom stereocenters. The van der Waals surface area contributed by atoms with Gasteiger partial charge in [-0.25, -0.2) is 0 Å². The number of oxime groups is 1. The molecule has 0 saturated heterocycles. The van der Waals surface area contributed by atoms with Gasteiger partial charge < -0.3 is 4.84 Å². The Morgan fingerprint density at radius 1 is 2.00 bits per heavy atom. The van der Waals surface area contributed by atoms with Gasteiger partial charge >= 0.3 is 0 Å². The summed E-state index contributed by atoms with van der Waals surface area (Å²) < 4.78 is 0. The summed E-state index contributed by atoms with van der Waals surface area (Å²) in [7, 11) is 0. The zero-order chi connectivity index (χ0) is 4.83. The lowest BCUT2D eigenvalue weighted by atomic mass is 10.9. The molecule has 0 saturated carbocycles. The van der Waals surface area contributed by atoms with Crippen molar-refractivity contribution in [2.24, 2.45) is 5.16 Å². The van der Waals surface area contributed by atoms with E-state index in [4.69, 9.17) is 0 Å². The molecule has 0 aromatic rings. The predicted molar refractivity (Wildman–Crippen MR) is 20.8 cm³/mol. The average Bonchev–Trinajstić information content (AvgIpc) is 1.61. The standard InChI is InChI=1S/C3H6NO2/c1-2-6-4-3-5/h3H,2H2,1H3/b4-3-. The van der Waals surface area contributed by atoms with E-state index in [-0.39, 0.29) is 0 Å². The number of hydrogen-bond acceptors (Lipinski definition) is 2. The normalized spacial score (nSPS) is 9.50. The minimum absolute atomic E-state index is 0.365. The first-order valence-corrected chi connectivity index (χ1v) is 1.67. The van der Waals surface area contributed by atoms with Gasteiger partial charge in [-0.05, 0) is 6.92 Å². The SMILES string of the molecule is CCO/N=C\[O]. The first-order valence-electron chi connectivity index (χ1n) is 1.67. The second-order valence-electron chi connectivity index (χ2n) is 0.629. The number of nitrogens with zero attached hydrogens (tertiary/aromatic N) is 1.